The number of aromatic carboxylic acids is 1. The third kappa shape index (κ3) is 4.85. The van der Waals surface area contributed by atoms with Crippen LogP contribution in [0.15, 0.2) is 18.2 Å². The van der Waals surface area contributed by atoms with Crippen LogP contribution in [0.25, 0.3) is 0 Å². The zero-order chi connectivity index (χ0) is 15.0. The molecule has 0 unspecified atom stereocenters. The van der Waals surface area contributed by atoms with Crippen molar-refractivity contribution in [3.05, 3.63) is 33.9 Å². The van der Waals surface area contributed by atoms with E-state index < -0.39 is 16.6 Å². The molecule has 0 aliphatic heterocycles. The summed E-state index contributed by atoms with van der Waals surface area (Å²) in [6.07, 6.45) is 1.74. The fourth-order valence-electron chi connectivity index (χ4n) is 1.63. The summed E-state index contributed by atoms with van der Waals surface area (Å²) in [6, 6.07) is 3.98. The molecule has 1 aromatic carbocycles. The normalized spacial score (nSPS) is 10.2. The molecular formula is C13H18N2O5. The van der Waals surface area contributed by atoms with E-state index >= 15 is 0 Å². The van der Waals surface area contributed by atoms with Gasteiger partial charge in [-0.05, 0) is 25.0 Å². The summed E-state index contributed by atoms with van der Waals surface area (Å²) < 4.78 is 5.31. The van der Waals surface area contributed by atoms with Crippen LogP contribution in [0.3, 0.4) is 0 Å². The Hall–Kier alpha value is -2.15. The summed E-state index contributed by atoms with van der Waals surface area (Å²) in [5.41, 5.74) is -0.200. The van der Waals surface area contributed by atoms with Crippen LogP contribution in [0.5, 0.6) is 0 Å². The lowest BCUT2D eigenvalue weighted by Gasteiger charge is -2.07. The predicted octanol–water partition coefficient (Wildman–Crippen LogP) is 2.52. The molecule has 0 bridgehead atoms. The monoisotopic (exact) mass is 282 g/mol. The van der Waals surface area contributed by atoms with Crippen molar-refractivity contribution in [3.8, 4) is 0 Å². The molecule has 0 aliphatic carbocycles. The first kappa shape index (κ1) is 15.9. The van der Waals surface area contributed by atoms with Crippen molar-refractivity contribution in [3.63, 3.8) is 0 Å². The lowest BCUT2D eigenvalue weighted by atomic mass is 10.1. The topological polar surface area (TPSA) is 102 Å². The minimum atomic E-state index is -1.31. The molecule has 0 saturated carbocycles. The highest BCUT2D eigenvalue weighted by molar-refractivity contribution is 5.93. The summed E-state index contributed by atoms with van der Waals surface area (Å²) in [4.78, 5) is 21.0. The van der Waals surface area contributed by atoms with Crippen molar-refractivity contribution in [2.45, 2.75) is 19.8 Å². The van der Waals surface area contributed by atoms with Crippen LogP contribution in [-0.2, 0) is 4.74 Å². The Kier molecular flexibility index (Phi) is 6.45. The van der Waals surface area contributed by atoms with Gasteiger partial charge in [0.05, 0.1) is 4.92 Å². The van der Waals surface area contributed by atoms with E-state index in [-0.39, 0.29) is 5.56 Å². The Balaban J connectivity index is 2.57. The maximum absolute atomic E-state index is 10.9. The Bertz CT molecular complexity index is 476. The molecule has 0 aliphatic rings. The predicted molar refractivity (Wildman–Crippen MR) is 74.3 cm³/mol. The summed E-state index contributed by atoms with van der Waals surface area (Å²) in [7, 11) is 0. The molecule has 20 heavy (non-hydrogen) atoms. The van der Waals surface area contributed by atoms with Gasteiger partial charge in [0.2, 0.25) is 0 Å². The van der Waals surface area contributed by atoms with E-state index in [1.807, 2.05) is 6.92 Å². The second-order valence-corrected chi connectivity index (χ2v) is 4.19. The molecule has 2 N–H and O–H groups in total. The standard InChI is InChI=1S/C13H18N2O5/c1-2-7-20-8-3-6-14-10-4-5-11(13(16)17)12(9-10)15(18)19/h4-5,9,14H,2-3,6-8H2,1H3,(H,16,17). The fourth-order valence-corrected chi connectivity index (χ4v) is 1.63. The van der Waals surface area contributed by atoms with Gasteiger partial charge in [-0.1, -0.05) is 6.92 Å². The maximum Gasteiger partial charge on any atom is 0.342 e. The van der Waals surface area contributed by atoms with Gasteiger partial charge in [-0.25, -0.2) is 4.79 Å². The van der Waals surface area contributed by atoms with Crippen LogP contribution >= 0.6 is 0 Å². The summed E-state index contributed by atoms with van der Waals surface area (Å²) >= 11 is 0. The van der Waals surface area contributed by atoms with Crippen molar-refractivity contribution in [2.24, 2.45) is 0 Å². The fraction of sp³-hybridized carbons (Fsp3) is 0.462. The molecule has 0 spiro atoms. The van der Waals surface area contributed by atoms with Crippen molar-refractivity contribution < 1.29 is 19.6 Å². The summed E-state index contributed by atoms with van der Waals surface area (Å²) in [5.74, 6) is -1.31. The lowest BCUT2D eigenvalue weighted by Crippen LogP contribution is -2.08. The molecule has 0 amide bonds. The number of carboxylic acid groups (broad SMARTS) is 1. The SMILES string of the molecule is CCCOCCCNc1ccc(C(=O)O)c([N+](=O)[O-])c1. The molecule has 0 saturated heterocycles. The van der Waals surface area contributed by atoms with Gasteiger partial charge in [0.25, 0.3) is 5.69 Å². The third-order valence-corrected chi connectivity index (χ3v) is 2.57. The van der Waals surface area contributed by atoms with E-state index in [2.05, 4.69) is 5.32 Å². The number of hydrogen-bond acceptors (Lipinski definition) is 5. The van der Waals surface area contributed by atoms with E-state index in [0.29, 0.717) is 18.8 Å². The molecule has 7 nitrogen and oxygen atoms in total. The molecule has 0 fully saturated rings. The average molecular weight is 282 g/mol. The van der Waals surface area contributed by atoms with Gasteiger partial charge >= 0.3 is 5.97 Å². The Morgan fingerprint density at radius 3 is 2.80 bits per heavy atom. The number of nitro benzene ring substituents is 1. The zero-order valence-electron chi connectivity index (χ0n) is 11.3. The van der Waals surface area contributed by atoms with Gasteiger partial charge in [0.15, 0.2) is 0 Å². The highest BCUT2D eigenvalue weighted by Gasteiger charge is 2.19. The van der Waals surface area contributed by atoms with Crippen molar-refractivity contribution in [2.75, 3.05) is 25.1 Å². The van der Waals surface area contributed by atoms with E-state index in [9.17, 15) is 14.9 Å². The highest BCUT2D eigenvalue weighted by Crippen LogP contribution is 2.23. The number of hydrogen-bond donors (Lipinski definition) is 2. The van der Waals surface area contributed by atoms with Gasteiger partial charge < -0.3 is 15.2 Å². The van der Waals surface area contributed by atoms with Crippen LogP contribution in [0, 0.1) is 10.1 Å². The number of nitro groups is 1. The van der Waals surface area contributed by atoms with E-state index in [0.717, 1.165) is 19.4 Å². The number of carbonyl (C=O) groups is 1. The lowest BCUT2D eigenvalue weighted by molar-refractivity contribution is -0.385. The number of anilines is 1. The molecule has 0 atom stereocenters. The van der Waals surface area contributed by atoms with E-state index in [1.54, 1.807) is 0 Å². The molecule has 0 radical (unpaired) electrons. The van der Waals surface area contributed by atoms with Crippen LogP contribution in [0.2, 0.25) is 0 Å². The zero-order valence-corrected chi connectivity index (χ0v) is 11.3. The van der Waals surface area contributed by atoms with Crippen molar-refractivity contribution in [1.29, 1.82) is 0 Å². The van der Waals surface area contributed by atoms with Gasteiger partial charge in [-0.15, -0.1) is 0 Å². The van der Waals surface area contributed by atoms with Crippen LogP contribution < -0.4 is 5.32 Å². The van der Waals surface area contributed by atoms with Gasteiger partial charge in [-0.2, -0.15) is 0 Å². The van der Waals surface area contributed by atoms with Crippen molar-refractivity contribution >= 4 is 17.3 Å². The van der Waals surface area contributed by atoms with Crippen LogP contribution in [0.1, 0.15) is 30.1 Å². The Morgan fingerprint density at radius 1 is 1.45 bits per heavy atom. The third-order valence-electron chi connectivity index (χ3n) is 2.57. The molecule has 1 rings (SSSR count). The highest BCUT2D eigenvalue weighted by atomic mass is 16.6. The van der Waals surface area contributed by atoms with Crippen LogP contribution in [-0.4, -0.2) is 35.8 Å². The first-order valence-corrected chi connectivity index (χ1v) is 6.39. The molecule has 110 valence electrons. The van der Waals surface area contributed by atoms with Gasteiger partial charge in [-0.3, -0.25) is 10.1 Å². The molecule has 1 aromatic rings. The van der Waals surface area contributed by atoms with Gasteiger partial charge in [0, 0.05) is 31.5 Å². The number of benzene rings is 1. The van der Waals surface area contributed by atoms with Gasteiger partial charge in [0.1, 0.15) is 5.56 Å². The minimum absolute atomic E-state index is 0.313. The first-order valence-electron chi connectivity index (χ1n) is 6.39. The molecule has 0 aromatic heterocycles. The molecule has 7 heteroatoms. The second kappa shape index (κ2) is 8.11. The summed E-state index contributed by atoms with van der Waals surface area (Å²) in [5, 5.41) is 22.7. The average Bonchev–Trinajstić information content (AvgIpc) is 2.42. The number of nitrogens with one attached hydrogen (secondary N) is 1. The van der Waals surface area contributed by atoms with Crippen LogP contribution in [0.4, 0.5) is 11.4 Å². The van der Waals surface area contributed by atoms with E-state index in [1.165, 1.54) is 18.2 Å². The molecule has 0 heterocycles. The largest absolute Gasteiger partial charge is 0.477 e. The van der Waals surface area contributed by atoms with Crippen molar-refractivity contribution in [1.82, 2.24) is 0 Å². The maximum atomic E-state index is 10.9. The quantitative estimate of drug-likeness (QED) is 0.410. The second-order valence-electron chi connectivity index (χ2n) is 4.19. The minimum Gasteiger partial charge on any atom is -0.477 e. The number of nitrogens with zero attached hydrogens (tertiary/aromatic N) is 1. The number of ether oxygens (including phenoxy) is 1. The Labute approximate surface area is 116 Å². The smallest absolute Gasteiger partial charge is 0.342 e. The number of rotatable bonds is 9. The number of carboxylic acids is 1. The Morgan fingerprint density at radius 2 is 2.20 bits per heavy atom. The first-order chi connectivity index (χ1) is 9.56. The van der Waals surface area contributed by atoms with E-state index in [4.69, 9.17) is 9.84 Å². The summed E-state index contributed by atoms with van der Waals surface area (Å²) in [6.45, 7) is 3.98. The molecular weight excluding hydrogens is 264 g/mol.